The molecule has 0 N–H and O–H groups in total. The van der Waals surface area contributed by atoms with E-state index in [0.717, 1.165) is 15.6 Å². The smallest absolute Gasteiger partial charge is 0.147 e. The first-order chi connectivity index (χ1) is 6.67. The lowest BCUT2D eigenvalue weighted by molar-refractivity contribution is -0.115. The fraction of sp³-hybridized carbons (Fsp3) is 0.300. The van der Waals surface area contributed by atoms with Crippen LogP contribution < -0.4 is 0 Å². The monoisotopic (exact) mass is 338 g/mol. The van der Waals surface area contributed by atoms with Crippen LogP contribution in [-0.4, -0.2) is 11.1 Å². The number of carbonyl (C=O) groups is 1. The molecular formula is C10H9Br2ClO. The van der Waals surface area contributed by atoms with E-state index >= 15 is 0 Å². The molecule has 0 aliphatic heterocycles. The maximum absolute atomic E-state index is 11.2. The third-order valence-corrected chi connectivity index (χ3v) is 3.26. The average Bonchev–Trinajstić information content (AvgIpc) is 2.20. The molecule has 14 heavy (non-hydrogen) atoms. The van der Waals surface area contributed by atoms with Crippen molar-refractivity contribution in [3.05, 3.63) is 33.8 Å². The summed E-state index contributed by atoms with van der Waals surface area (Å²) < 4.78 is 0.989. The van der Waals surface area contributed by atoms with Gasteiger partial charge in [-0.1, -0.05) is 37.9 Å². The predicted molar refractivity (Wildman–Crippen MR) is 66.2 cm³/mol. The SMILES string of the molecule is O=C(CBr)Cc1ccc(Br)cc1CCl. The van der Waals surface area contributed by atoms with Crippen molar-refractivity contribution in [3.63, 3.8) is 0 Å². The van der Waals surface area contributed by atoms with E-state index in [1.165, 1.54) is 0 Å². The summed E-state index contributed by atoms with van der Waals surface area (Å²) in [5.41, 5.74) is 2.02. The maximum Gasteiger partial charge on any atom is 0.147 e. The van der Waals surface area contributed by atoms with Crippen LogP contribution in [0.25, 0.3) is 0 Å². The van der Waals surface area contributed by atoms with E-state index in [1.807, 2.05) is 18.2 Å². The van der Waals surface area contributed by atoms with Crippen LogP contribution in [0.15, 0.2) is 22.7 Å². The molecule has 1 nitrogen and oxygen atoms in total. The summed E-state index contributed by atoms with van der Waals surface area (Å²) in [6, 6.07) is 5.80. The van der Waals surface area contributed by atoms with Crippen molar-refractivity contribution >= 4 is 49.2 Å². The van der Waals surface area contributed by atoms with Gasteiger partial charge in [-0.15, -0.1) is 11.6 Å². The normalized spacial score (nSPS) is 10.2. The minimum Gasteiger partial charge on any atom is -0.298 e. The van der Waals surface area contributed by atoms with Gasteiger partial charge in [-0.2, -0.15) is 0 Å². The molecule has 0 atom stereocenters. The number of hydrogen-bond acceptors (Lipinski definition) is 1. The van der Waals surface area contributed by atoms with Crippen LogP contribution >= 0.6 is 43.5 Å². The lowest BCUT2D eigenvalue weighted by atomic mass is 10.0. The Morgan fingerprint density at radius 2 is 2.07 bits per heavy atom. The second-order valence-corrected chi connectivity index (χ2v) is 4.64. The molecule has 0 spiro atoms. The fourth-order valence-electron chi connectivity index (χ4n) is 1.15. The number of Topliss-reactive ketones (excluding diaryl/α,β-unsaturated/α-hetero) is 1. The Balaban J connectivity index is 2.90. The van der Waals surface area contributed by atoms with Gasteiger partial charge in [-0.3, -0.25) is 4.79 Å². The molecule has 0 saturated carbocycles. The Hall–Kier alpha value is 0.140. The van der Waals surface area contributed by atoms with Gasteiger partial charge in [-0.05, 0) is 23.3 Å². The summed E-state index contributed by atoms with van der Waals surface area (Å²) in [4.78, 5) is 11.2. The van der Waals surface area contributed by atoms with Gasteiger partial charge in [0, 0.05) is 16.8 Å². The van der Waals surface area contributed by atoms with Gasteiger partial charge >= 0.3 is 0 Å². The van der Waals surface area contributed by atoms with Crippen molar-refractivity contribution < 1.29 is 4.79 Å². The Morgan fingerprint density at radius 1 is 1.36 bits per heavy atom. The summed E-state index contributed by atoms with van der Waals surface area (Å²) in [7, 11) is 0. The van der Waals surface area contributed by atoms with E-state index < -0.39 is 0 Å². The van der Waals surface area contributed by atoms with Crippen molar-refractivity contribution in [3.8, 4) is 0 Å². The number of alkyl halides is 2. The highest BCUT2D eigenvalue weighted by molar-refractivity contribution is 9.10. The molecule has 76 valence electrons. The number of hydrogen-bond donors (Lipinski definition) is 0. The van der Waals surface area contributed by atoms with E-state index in [9.17, 15) is 4.79 Å². The molecule has 0 bridgehead atoms. The zero-order chi connectivity index (χ0) is 10.6. The van der Waals surface area contributed by atoms with Crippen LogP contribution in [-0.2, 0) is 17.1 Å². The number of ketones is 1. The standard InChI is InChI=1S/C10H9Br2ClO/c11-5-10(14)4-7-1-2-9(12)3-8(7)6-13/h1-3H,4-6H2. The van der Waals surface area contributed by atoms with E-state index in [-0.39, 0.29) is 5.78 Å². The molecule has 0 fully saturated rings. The molecule has 1 rings (SSSR count). The summed E-state index contributed by atoms with van der Waals surface area (Å²) in [6.45, 7) is 0. The molecule has 0 saturated heterocycles. The van der Waals surface area contributed by atoms with Crippen molar-refractivity contribution in [2.75, 3.05) is 5.33 Å². The maximum atomic E-state index is 11.2. The third kappa shape index (κ3) is 3.37. The summed E-state index contributed by atoms with van der Waals surface area (Å²) in [5, 5.41) is 0.394. The molecule has 0 heterocycles. The number of rotatable bonds is 4. The second kappa shape index (κ2) is 5.89. The lowest BCUT2D eigenvalue weighted by Crippen LogP contribution is -2.05. The van der Waals surface area contributed by atoms with Crippen molar-refractivity contribution in [1.82, 2.24) is 0 Å². The van der Waals surface area contributed by atoms with Crippen LogP contribution in [0.5, 0.6) is 0 Å². The first-order valence-corrected chi connectivity index (χ1v) is 6.53. The Labute approximate surface area is 105 Å². The highest BCUT2D eigenvalue weighted by atomic mass is 79.9. The van der Waals surface area contributed by atoms with Crippen LogP contribution in [0.3, 0.4) is 0 Å². The topological polar surface area (TPSA) is 17.1 Å². The molecule has 0 aliphatic rings. The van der Waals surface area contributed by atoms with Crippen LogP contribution in [0.2, 0.25) is 0 Å². The van der Waals surface area contributed by atoms with Crippen molar-refractivity contribution in [1.29, 1.82) is 0 Å². The second-order valence-electron chi connectivity index (χ2n) is 2.90. The van der Waals surface area contributed by atoms with E-state index in [4.69, 9.17) is 11.6 Å². The van der Waals surface area contributed by atoms with Crippen molar-refractivity contribution in [2.24, 2.45) is 0 Å². The highest BCUT2D eigenvalue weighted by Crippen LogP contribution is 2.19. The van der Waals surface area contributed by atoms with Gasteiger partial charge in [0.05, 0.1) is 5.33 Å². The summed E-state index contributed by atoms with van der Waals surface area (Å²) >= 11 is 12.3. The van der Waals surface area contributed by atoms with Gasteiger partial charge < -0.3 is 0 Å². The zero-order valence-electron chi connectivity index (χ0n) is 7.40. The molecule has 1 aromatic carbocycles. The zero-order valence-corrected chi connectivity index (χ0v) is 11.3. The summed E-state index contributed by atoms with van der Waals surface area (Å²) in [6.07, 6.45) is 0.445. The average molecular weight is 340 g/mol. The Kier molecular flexibility index (Phi) is 5.13. The number of carbonyl (C=O) groups excluding carboxylic acids is 1. The van der Waals surface area contributed by atoms with Gasteiger partial charge in [-0.25, -0.2) is 0 Å². The van der Waals surface area contributed by atoms with E-state index in [1.54, 1.807) is 0 Å². The minimum atomic E-state index is 0.165. The van der Waals surface area contributed by atoms with Gasteiger partial charge in [0.15, 0.2) is 0 Å². The van der Waals surface area contributed by atoms with Gasteiger partial charge in [0.1, 0.15) is 5.78 Å². The van der Waals surface area contributed by atoms with E-state index in [2.05, 4.69) is 31.9 Å². The Bertz CT molecular complexity index is 339. The fourth-order valence-corrected chi connectivity index (χ4v) is 2.01. The van der Waals surface area contributed by atoms with Gasteiger partial charge in [0.25, 0.3) is 0 Å². The number of halogens is 3. The lowest BCUT2D eigenvalue weighted by Gasteiger charge is -2.05. The molecule has 0 radical (unpaired) electrons. The third-order valence-electron chi connectivity index (χ3n) is 1.85. The predicted octanol–water partition coefficient (Wildman–Crippen LogP) is 3.69. The van der Waals surface area contributed by atoms with E-state index in [0.29, 0.717) is 17.6 Å². The van der Waals surface area contributed by atoms with Crippen molar-refractivity contribution in [2.45, 2.75) is 12.3 Å². The molecule has 0 aliphatic carbocycles. The number of benzene rings is 1. The van der Waals surface area contributed by atoms with Crippen LogP contribution in [0.4, 0.5) is 0 Å². The molecule has 4 heteroatoms. The molecule has 0 amide bonds. The van der Waals surface area contributed by atoms with Gasteiger partial charge in [0.2, 0.25) is 0 Å². The molecule has 0 aromatic heterocycles. The largest absolute Gasteiger partial charge is 0.298 e. The summed E-state index contributed by atoms with van der Waals surface area (Å²) in [5.74, 6) is 0.600. The Morgan fingerprint density at radius 3 is 2.64 bits per heavy atom. The molecular weight excluding hydrogens is 331 g/mol. The first-order valence-electron chi connectivity index (χ1n) is 4.08. The molecule has 0 unspecified atom stereocenters. The van der Waals surface area contributed by atoms with Crippen LogP contribution in [0.1, 0.15) is 11.1 Å². The minimum absolute atomic E-state index is 0.165. The first kappa shape index (κ1) is 12.2. The molecule has 1 aromatic rings. The highest BCUT2D eigenvalue weighted by Gasteiger charge is 2.06. The van der Waals surface area contributed by atoms with Crippen LogP contribution in [0, 0.1) is 0 Å². The quantitative estimate of drug-likeness (QED) is 0.764.